The molecule has 1 atom stereocenters. The van der Waals surface area contributed by atoms with E-state index in [1.807, 2.05) is 25.1 Å². The molecule has 0 aliphatic heterocycles. The molecule has 5 heteroatoms. The van der Waals surface area contributed by atoms with Crippen LogP contribution in [0.25, 0.3) is 0 Å². The van der Waals surface area contributed by atoms with E-state index < -0.39 is 6.10 Å². The lowest BCUT2D eigenvalue weighted by Crippen LogP contribution is -2.27. The number of ether oxygens (including phenoxy) is 2. The Morgan fingerprint density at radius 1 is 1.53 bits per heavy atom. The van der Waals surface area contributed by atoms with Crippen LogP contribution in [0.1, 0.15) is 13.8 Å². The van der Waals surface area contributed by atoms with Crippen LogP contribution in [0.5, 0.6) is 5.75 Å². The Hall–Kier alpha value is -0.820. The molecule has 0 aliphatic rings. The fraction of sp³-hybridized carbons (Fsp3) is 0.417. The van der Waals surface area contributed by atoms with E-state index in [1.165, 1.54) is 0 Å². The van der Waals surface area contributed by atoms with E-state index in [-0.39, 0.29) is 5.91 Å². The molecular formula is C12H16INO3. The van der Waals surface area contributed by atoms with Gasteiger partial charge in [0.2, 0.25) is 0 Å². The molecule has 0 fully saturated rings. The maximum Gasteiger partial charge on any atom is 0.253 e. The fourth-order valence-corrected chi connectivity index (χ4v) is 1.91. The standard InChI is InChI=1S/C12H16INO3/c1-4-17-8(2)12(15)14-11-6-5-9(16-3)7-10(11)13/h5-8H,4H2,1-3H3,(H,14,15). The third-order valence-corrected chi connectivity index (χ3v) is 3.11. The van der Waals surface area contributed by atoms with Crippen LogP contribution in [0.4, 0.5) is 5.69 Å². The van der Waals surface area contributed by atoms with Gasteiger partial charge >= 0.3 is 0 Å². The smallest absolute Gasteiger partial charge is 0.253 e. The van der Waals surface area contributed by atoms with Crippen molar-refractivity contribution in [3.8, 4) is 5.75 Å². The maximum absolute atomic E-state index is 11.7. The first kappa shape index (κ1) is 14.2. The summed E-state index contributed by atoms with van der Waals surface area (Å²) in [6, 6.07) is 5.49. The van der Waals surface area contributed by atoms with Crippen LogP contribution in [0, 0.1) is 3.57 Å². The highest BCUT2D eigenvalue weighted by Crippen LogP contribution is 2.23. The van der Waals surface area contributed by atoms with Crippen LogP contribution in [0.2, 0.25) is 0 Å². The second-order valence-electron chi connectivity index (χ2n) is 3.43. The maximum atomic E-state index is 11.7. The average molecular weight is 349 g/mol. The molecule has 1 N–H and O–H groups in total. The van der Waals surface area contributed by atoms with Crippen LogP contribution in [0.15, 0.2) is 18.2 Å². The van der Waals surface area contributed by atoms with E-state index in [9.17, 15) is 4.79 Å². The van der Waals surface area contributed by atoms with Crippen molar-refractivity contribution in [2.24, 2.45) is 0 Å². The number of benzene rings is 1. The Morgan fingerprint density at radius 2 is 2.24 bits per heavy atom. The van der Waals surface area contributed by atoms with Crippen LogP contribution in [-0.2, 0) is 9.53 Å². The predicted molar refractivity (Wildman–Crippen MR) is 75.4 cm³/mol. The topological polar surface area (TPSA) is 47.6 Å². The van der Waals surface area contributed by atoms with Gasteiger partial charge in [-0.2, -0.15) is 0 Å². The number of hydrogen-bond donors (Lipinski definition) is 1. The van der Waals surface area contributed by atoms with Crippen LogP contribution >= 0.6 is 22.6 Å². The minimum atomic E-state index is -0.446. The van der Waals surface area contributed by atoms with Crippen molar-refractivity contribution in [2.75, 3.05) is 19.0 Å². The van der Waals surface area contributed by atoms with Crippen molar-refractivity contribution >= 4 is 34.2 Å². The van der Waals surface area contributed by atoms with Gasteiger partial charge in [-0.3, -0.25) is 4.79 Å². The van der Waals surface area contributed by atoms with Crippen molar-refractivity contribution in [3.05, 3.63) is 21.8 Å². The second-order valence-corrected chi connectivity index (χ2v) is 4.59. The van der Waals surface area contributed by atoms with Gasteiger partial charge in [0.1, 0.15) is 11.9 Å². The van der Waals surface area contributed by atoms with E-state index in [0.717, 1.165) is 15.0 Å². The third-order valence-electron chi connectivity index (χ3n) is 2.22. The highest BCUT2D eigenvalue weighted by Gasteiger charge is 2.14. The summed E-state index contributed by atoms with van der Waals surface area (Å²) < 4.78 is 11.2. The van der Waals surface area contributed by atoms with Gasteiger partial charge in [-0.15, -0.1) is 0 Å². The Labute approximate surface area is 115 Å². The molecule has 0 saturated heterocycles. The van der Waals surface area contributed by atoms with E-state index in [2.05, 4.69) is 27.9 Å². The van der Waals surface area contributed by atoms with Crippen molar-refractivity contribution in [2.45, 2.75) is 20.0 Å². The molecule has 4 nitrogen and oxygen atoms in total. The van der Waals surface area contributed by atoms with Gasteiger partial charge in [-0.25, -0.2) is 0 Å². The summed E-state index contributed by atoms with van der Waals surface area (Å²) in [5.74, 6) is 0.625. The first-order valence-electron chi connectivity index (χ1n) is 5.34. The first-order valence-corrected chi connectivity index (χ1v) is 6.42. The number of methoxy groups -OCH3 is 1. The SMILES string of the molecule is CCOC(C)C(=O)Nc1ccc(OC)cc1I. The molecule has 0 heterocycles. The van der Waals surface area contributed by atoms with Gasteiger partial charge in [0.25, 0.3) is 5.91 Å². The molecule has 1 unspecified atom stereocenters. The Morgan fingerprint density at radius 3 is 2.76 bits per heavy atom. The van der Waals surface area contributed by atoms with Crippen molar-refractivity contribution in [1.82, 2.24) is 0 Å². The van der Waals surface area contributed by atoms with Crippen molar-refractivity contribution in [3.63, 3.8) is 0 Å². The monoisotopic (exact) mass is 349 g/mol. The summed E-state index contributed by atoms with van der Waals surface area (Å²) in [7, 11) is 1.61. The molecule has 1 amide bonds. The quantitative estimate of drug-likeness (QED) is 0.832. The predicted octanol–water partition coefficient (Wildman–Crippen LogP) is 2.66. The van der Waals surface area contributed by atoms with Gasteiger partial charge in [0.05, 0.1) is 12.8 Å². The van der Waals surface area contributed by atoms with Crippen LogP contribution in [-0.4, -0.2) is 25.7 Å². The molecule has 0 aliphatic carbocycles. The van der Waals surface area contributed by atoms with Crippen molar-refractivity contribution in [1.29, 1.82) is 0 Å². The number of carbonyl (C=O) groups is 1. The number of hydrogen-bond acceptors (Lipinski definition) is 3. The summed E-state index contributed by atoms with van der Waals surface area (Å²) in [4.78, 5) is 11.7. The molecule has 0 saturated carbocycles. The lowest BCUT2D eigenvalue weighted by molar-refractivity contribution is -0.126. The van der Waals surface area contributed by atoms with Crippen molar-refractivity contribution < 1.29 is 14.3 Å². The van der Waals surface area contributed by atoms with E-state index in [0.29, 0.717) is 6.61 Å². The molecule has 0 spiro atoms. The van der Waals surface area contributed by atoms with Gasteiger partial charge in [-0.05, 0) is 54.6 Å². The minimum Gasteiger partial charge on any atom is -0.497 e. The van der Waals surface area contributed by atoms with Gasteiger partial charge in [-0.1, -0.05) is 0 Å². The zero-order valence-electron chi connectivity index (χ0n) is 10.1. The minimum absolute atomic E-state index is 0.144. The zero-order chi connectivity index (χ0) is 12.8. The summed E-state index contributed by atoms with van der Waals surface area (Å²) in [6.07, 6.45) is -0.446. The number of amides is 1. The van der Waals surface area contributed by atoms with Gasteiger partial charge < -0.3 is 14.8 Å². The molecule has 0 aromatic heterocycles. The number of anilines is 1. The summed E-state index contributed by atoms with van der Waals surface area (Å²) >= 11 is 2.15. The summed E-state index contributed by atoms with van der Waals surface area (Å²) in [6.45, 7) is 4.12. The normalized spacial score (nSPS) is 12.0. The second kappa shape index (κ2) is 6.80. The van der Waals surface area contributed by atoms with E-state index in [4.69, 9.17) is 9.47 Å². The summed E-state index contributed by atoms with van der Waals surface area (Å²) in [5, 5.41) is 2.82. The number of halogens is 1. The molecular weight excluding hydrogens is 333 g/mol. The first-order chi connectivity index (χ1) is 8.08. The number of carbonyl (C=O) groups excluding carboxylic acids is 1. The molecule has 1 aromatic rings. The average Bonchev–Trinajstić information content (AvgIpc) is 2.31. The zero-order valence-corrected chi connectivity index (χ0v) is 12.3. The van der Waals surface area contributed by atoms with E-state index >= 15 is 0 Å². The fourth-order valence-electron chi connectivity index (χ4n) is 1.28. The lowest BCUT2D eigenvalue weighted by atomic mass is 10.3. The third kappa shape index (κ3) is 4.16. The van der Waals surface area contributed by atoms with Crippen LogP contribution in [0.3, 0.4) is 0 Å². The lowest BCUT2D eigenvalue weighted by Gasteiger charge is -2.13. The molecule has 94 valence electrons. The van der Waals surface area contributed by atoms with Gasteiger partial charge in [0.15, 0.2) is 0 Å². The molecule has 17 heavy (non-hydrogen) atoms. The van der Waals surface area contributed by atoms with Crippen LogP contribution < -0.4 is 10.1 Å². The molecule has 1 rings (SSSR count). The highest BCUT2D eigenvalue weighted by atomic mass is 127. The molecule has 1 aromatic carbocycles. The molecule has 0 bridgehead atoms. The summed E-state index contributed by atoms with van der Waals surface area (Å²) in [5.41, 5.74) is 0.767. The number of rotatable bonds is 5. The Kier molecular flexibility index (Phi) is 5.70. The highest BCUT2D eigenvalue weighted by molar-refractivity contribution is 14.1. The van der Waals surface area contributed by atoms with Gasteiger partial charge in [0, 0.05) is 10.2 Å². The Bertz CT molecular complexity index is 395. The molecule has 0 radical (unpaired) electrons. The largest absolute Gasteiger partial charge is 0.497 e. The Balaban J connectivity index is 2.71. The van der Waals surface area contributed by atoms with E-state index in [1.54, 1.807) is 14.0 Å². The number of nitrogens with one attached hydrogen (secondary N) is 1.